The summed E-state index contributed by atoms with van der Waals surface area (Å²) in [7, 11) is 0. The predicted octanol–water partition coefficient (Wildman–Crippen LogP) is 1.40. The molecule has 0 unspecified atom stereocenters. The third-order valence-electron chi connectivity index (χ3n) is 1.95. The maximum atomic E-state index is 11.4. The van der Waals surface area contributed by atoms with Crippen LogP contribution in [0.15, 0.2) is 30.3 Å². The molecular formula is C11H15N3O2. The van der Waals surface area contributed by atoms with Gasteiger partial charge in [-0.05, 0) is 18.6 Å². The molecule has 5 heteroatoms. The van der Waals surface area contributed by atoms with Crippen molar-refractivity contribution < 1.29 is 9.59 Å². The van der Waals surface area contributed by atoms with Gasteiger partial charge < -0.3 is 5.73 Å². The summed E-state index contributed by atoms with van der Waals surface area (Å²) in [6, 6.07) is 8.01. The third-order valence-corrected chi connectivity index (χ3v) is 1.95. The smallest absolute Gasteiger partial charge is 0.338 e. The normalized spacial score (nSPS) is 9.56. The number of nitrogens with zero attached hydrogens (tertiary/aromatic N) is 1. The fourth-order valence-electron chi connectivity index (χ4n) is 1.23. The Kier molecular flexibility index (Phi) is 4.32. The molecule has 0 radical (unpaired) electrons. The Balaban J connectivity index is 2.77. The van der Waals surface area contributed by atoms with Crippen molar-refractivity contribution in [2.45, 2.75) is 19.8 Å². The number of para-hydroxylation sites is 1. The zero-order valence-corrected chi connectivity index (χ0v) is 9.14. The van der Waals surface area contributed by atoms with Gasteiger partial charge in [-0.25, -0.2) is 9.80 Å². The third kappa shape index (κ3) is 3.27. The summed E-state index contributed by atoms with van der Waals surface area (Å²) in [6.45, 7) is 1.89. The minimum absolute atomic E-state index is 0.231. The molecule has 0 spiro atoms. The van der Waals surface area contributed by atoms with Crippen molar-refractivity contribution in [1.82, 2.24) is 5.43 Å². The van der Waals surface area contributed by atoms with Crippen LogP contribution in [0.4, 0.5) is 10.5 Å². The number of carbonyl (C=O) groups excluding carboxylic acids is 2. The highest BCUT2D eigenvalue weighted by Gasteiger charge is 2.14. The summed E-state index contributed by atoms with van der Waals surface area (Å²) in [5, 5.41) is 1.04. The minimum Gasteiger partial charge on any atom is -0.350 e. The van der Waals surface area contributed by atoms with Gasteiger partial charge in [-0.2, -0.15) is 0 Å². The number of hydrogen-bond donors (Lipinski definition) is 2. The monoisotopic (exact) mass is 221 g/mol. The number of carbonyl (C=O) groups is 2. The molecule has 0 bridgehead atoms. The number of anilines is 1. The molecule has 1 aromatic carbocycles. The molecule has 3 N–H and O–H groups in total. The summed E-state index contributed by atoms with van der Waals surface area (Å²) >= 11 is 0. The van der Waals surface area contributed by atoms with Crippen LogP contribution in [-0.4, -0.2) is 11.9 Å². The van der Waals surface area contributed by atoms with Crippen LogP contribution >= 0.6 is 0 Å². The largest absolute Gasteiger partial charge is 0.350 e. The quantitative estimate of drug-likeness (QED) is 0.757. The molecule has 1 rings (SSSR count). The van der Waals surface area contributed by atoms with Crippen LogP contribution < -0.4 is 16.2 Å². The zero-order chi connectivity index (χ0) is 12.0. The highest BCUT2D eigenvalue weighted by atomic mass is 16.2. The van der Waals surface area contributed by atoms with Crippen molar-refractivity contribution in [2.75, 3.05) is 5.01 Å². The van der Waals surface area contributed by atoms with E-state index in [9.17, 15) is 9.59 Å². The van der Waals surface area contributed by atoms with Crippen LogP contribution in [0.5, 0.6) is 0 Å². The number of primary amides is 1. The Bertz CT molecular complexity index is 365. The number of amides is 3. The Hall–Kier alpha value is -2.04. The predicted molar refractivity (Wildman–Crippen MR) is 61.6 cm³/mol. The first-order chi connectivity index (χ1) is 7.65. The van der Waals surface area contributed by atoms with Gasteiger partial charge in [-0.15, -0.1) is 0 Å². The lowest BCUT2D eigenvalue weighted by molar-refractivity contribution is -0.121. The SMILES string of the molecule is CCCC(=O)NN(C(N)=O)c1ccccc1. The summed E-state index contributed by atoms with van der Waals surface area (Å²) in [5.74, 6) is -0.231. The molecular weight excluding hydrogens is 206 g/mol. The molecule has 0 fully saturated rings. The van der Waals surface area contributed by atoms with Crippen LogP contribution in [0.25, 0.3) is 0 Å². The molecule has 0 atom stereocenters. The molecule has 5 nitrogen and oxygen atoms in total. The van der Waals surface area contributed by atoms with Crippen LogP contribution in [-0.2, 0) is 4.79 Å². The minimum atomic E-state index is -0.712. The van der Waals surface area contributed by atoms with E-state index < -0.39 is 6.03 Å². The zero-order valence-electron chi connectivity index (χ0n) is 9.14. The van der Waals surface area contributed by atoms with Crippen LogP contribution in [0.3, 0.4) is 0 Å². The van der Waals surface area contributed by atoms with E-state index in [4.69, 9.17) is 5.73 Å². The number of hydrazine groups is 1. The lowest BCUT2D eigenvalue weighted by Crippen LogP contribution is -2.49. The molecule has 0 saturated heterocycles. The van der Waals surface area contributed by atoms with Crippen molar-refractivity contribution in [3.63, 3.8) is 0 Å². The van der Waals surface area contributed by atoms with Gasteiger partial charge in [-0.1, -0.05) is 25.1 Å². The Morgan fingerprint density at radius 1 is 1.31 bits per heavy atom. The Morgan fingerprint density at radius 3 is 2.44 bits per heavy atom. The van der Waals surface area contributed by atoms with E-state index in [0.29, 0.717) is 18.5 Å². The number of rotatable bonds is 3. The fraction of sp³-hybridized carbons (Fsp3) is 0.273. The van der Waals surface area contributed by atoms with E-state index in [1.165, 1.54) is 0 Å². The second-order valence-electron chi connectivity index (χ2n) is 3.29. The van der Waals surface area contributed by atoms with Crippen molar-refractivity contribution in [1.29, 1.82) is 0 Å². The standard InChI is InChI=1S/C11H15N3O2/c1-2-6-10(15)13-14(11(12)16)9-7-4-3-5-8-9/h3-5,7-8H,2,6H2,1H3,(H2,12,16)(H,13,15). The van der Waals surface area contributed by atoms with E-state index in [-0.39, 0.29) is 5.91 Å². The van der Waals surface area contributed by atoms with Crippen molar-refractivity contribution >= 4 is 17.6 Å². The van der Waals surface area contributed by atoms with Gasteiger partial charge in [0.1, 0.15) is 0 Å². The van der Waals surface area contributed by atoms with Crippen LogP contribution in [0.1, 0.15) is 19.8 Å². The van der Waals surface area contributed by atoms with E-state index in [1.807, 2.05) is 13.0 Å². The Labute approximate surface area is 94.2 Å². The Morgan fingerprint density at radius 2 is 1.94 bits per heavy atom. The number of urea groups is 1. The molecule has 1 aromatic rings. The fourth-order valence-corrected chi connectivity index (χ4v) is 1.23. The average Bonchev–Trinajstić information content (AvgIpc) is 2.27. The topological polar surface area (TPSA) is 75.4 Å². The van der Waals surface area contributed by atoms with Crippen molar-refractivity contribution in [3.8, 4) is 0 Å². The summed E-state index contributed by atoms with van der Waals surface area (Å²) in [6.07, 6.45) is 1.07. The molecule has 0 heterocycles. The summed E-state index contributed by atoms with van der Waals surface area (Å²) in [4.78, 5) is 22.5. The number of benzene rings is 1. The first-order valence-electron chi connectivity index (χ1n) is 5.09. The molecule has 0 aliphatic rings. The van der Waals surface area contributed by atoms with E-state index in [0.717, 1.165) is 5.01 Å². The van der Waals surface area contributed by atoms with Crippen LogP contribution in [0.2, 0.25) is 0 Å². The number of nitrogens with two attached hydrogens (primary N) is 1. The van der Waals surface area contributed by atoms with Gasteiger partial charge >= 0.3 is 6.03 Å². The molecule has 0 saturated carbocycles. The lowest BCUT2D eigenvalue weighted by atomic mass is 10.3. The van der Waals surface area contributed by atoms with Crippen LogP contribution in [0, 0.1) is 0 Å². The first kappa shape index (κ1) is 12.0. The van der Waals surface area contributed by atoms with E-state index >= 15 is 0 Å². The lowest BCUT2D eigenvalue weighted by Gasteiger charge is -2.20. The van der Waals surface area contributed by atoms with Gasteiger partial charge in [0.25, 0.3) is 0 Å². The number of hydrogen-bond acceptors (Lipinski definition) is 2. The van der Waals surface area contributed by atoms with E-state index in [2.05, 4.69) is 5.43 Å². The summed E-state index contributed by atoms with van der Waals surface area (Å²) < 4.78 is 0. The molecule has 16 heavy (non-hydrogen) atoms. The van der Waals surface area contributed by atoms with Gasteiger partial charge in [0.15, 0.2) is 0 Å². The number of nitrogens with one attached hydrogen (secondary N) is 1. The van der Waals surface area contributed by atoms with Crippen molar-refractivity contribution in [3.05, 3.63) is 30.3 Å². The highest BCUT2D eigenvalue weighted by Crippen LogP contribution is 2.10. The van der Waals surface area contributed by atoms with Gasteiger partial charge in [0, 0.05) is 6.42 Å². The molecule has 0 aromatic heterocycles. The van der Waals surface area contributed by atoms with Gasteiger partial charge in [0.05, 0.1) is 5.69 Å². The summed E-state index contributed by atoms with van der Waals surface area (Å²) in [5.41, 5.74) is 8.18. The molecule has 0 aliphatic carbocycles. The van der Waals surface area contributed by atoms with Crippen molar-refractivity contribution in [2.24, 2.45) is 5.73 Å². The first-order valence-corrected chi connectivity index (χ1v) is 5.09. The molecule has 3 amide bonds. The van der Waals surface area contributed by atoms with Gasteiger partial charge in [-0.3, -0.25) is 10.2 Å². The highest BCUT2D eigenvalue weighted by molar-refractivity contribution is 5.94. The maximum absolute atomic E-state index is 11.4. The van der Waals surface area contributed by atoms with Gasteiger partial charge in [0.2, 0.25) is 5.91 Å². The maximum Gasteiger partial charge on any atom is 0.338 e. The molecule has 0 aliphatic heterocycles. The second-order valence-corrected chi connectivity index (χ2v) is 3.29. The average molecular weight is 221 g/mol. The second kappa shape index (κ2) is 5.75. The molecule has 86 valence electrons. The van der Waals surface area contributed by atoms with E-state index in [1.54, 1.807) is 24.3 Å².